The summed E-state index contributed by atoms with van der Waals surface area (Å²) in [5.41, 5.74) is -0.0543. The van der Waals surface area contributed by atoms with Gasteiger partial charge in [0.05, 0.1) is 5.56 Å². The van der Waals surface area contributed by atoms with Gasteiger partial charge in [-0.2, -0.15) is 0 Å². The molecular formula is C12H16FNO3. The van der Waals surface area contributed by atoms with E-state index in [0.717, 1.165) is 18.2 Å². The summed E-state index contributed by atoms with van der Waals surface area (Å²) in [6, 6.07) is 3.26. The first-order valence-corrected chi connectivity index (χ1v) is 5.49. The van der Waals surface area contributed by atoms with E-state index in [0.29, 0.717) is 26.2 Å². The van der Waals surface area contributed by atoms with Gasteiger partial charge in [-0.15, -0.1) is 0 Å². The van der Waals surface area contributed by atoms with Crippen molar-refractivity contribution in [2.45, 2.75) is 13.3 Å². The molecule has 0 aromatic heterocycles. The lowest BCUT2D eigenvalue weighted by molar-refractivity contribution is 0.0941. The smallest absolute Gasteiger partial charge is 0.255 e. The van der Waals surface area contributed by atoms with Crippen LogP contribution in [-0.4, -0.2) is 30.8 Å². The van der Waals surface area contributed by atoms with Crippen molar-refractivity contribution in [1.82, 2.24) is 5.32 Å². The number of benzene rings is 1. The molecule has 17 heavy (non-hydrogen) atoms. The van der Waals surface area contributed by atoms with Gasteiger partial charge in [0.2, 0.25) is 0 Å². The number of carbonyl (C=O) groups is 1. The highest BCUT2D eigenvalue weighted by atomic mass is 19.1. The Balaban J connectivity index is 2.44. The lowest BCUT2D eigenvalue weighted by atomic mass is 10.2. The number of rotatable bonds is 6. The van der Waals surface area contributed by atoms with Crippen LogP contribution in [0.15, 0.2) is 18.2 Å². The van der Waals surface area contributed by atoms with Crippen molar-refractivity contribution in [3.05, 3.63) is 29.6 Å². The first-order chi connectivity index (χ1) is 8.15. The lowest BCUT2D eigenvalue weighted by Gasteiger charge is -2.06. The second-order valence-electron chi connectivity index (χ2n) is 3.47. The Labute approximate surface area is 99.4 Å². The predicted molar refractivity (Wildman–Crippen MR) is 61.5 cm³/mol. The molecule has 0 fully saturated rings. The summed E-state index contributed by atoms with van der Waals surface area (Å²) in [6.07, 6.45) is 0.676. The Morgan fingerprint density at radius 2 is 2.29 bits per heavy atom. The van der Waals surface area contributed by atoms with Crippen LogP contribution in [0.4, 0.5) is 4.39 Å². The summed E-state index contributed by atoms with van der Waals surface area (Å²) in [5.74, 6) is -1.27. The van der Waals surface area contributed by atoms with E-state index in [9.17, 15) is 14.3 Å². The molecule has 1 amide bonds. The number of carbonyl (C=O) groups excluding carboxylic acids is 1. The molecule has 0 bridgehead atoms. The fourth-order valence-corrected chi connectivity index (χ4v) is 1.31. The van der Waals surface area contributed by atoms with Gasteiger partial charge in [0, 0.05) is 19.8 Å². The minimum atomic E-state index is -0.553. The van der Waals surface area contributed by atoms with Crippen LogP contribution in [0.2, 0.25) is 0 Å². The van der Waals surface area contributed by atoms with Gasteiger partial charge in [-0.3, -0.25) is 4.79 Å². The van der Waals surface area contributed by atoms with Crippen molar-refractivity contribution in [2.24, 2.45) is 0 Å². The van der Waals surface area contributed by atoms with Crippen LogP contribution in [0, 0.1) is 5.82 Å². The highest BCUT2D eigenvalue weighted by Crippen LogP contribution is 2.17. The molecule has 0 radical (unpaired) electrons. The molecular weight excluding hydrogens is 225 g/mol. The Kier molecular flexibility index (Phi) is 5.42. The van der Waals surface area contributed by atoms with Crippen molar-refractivity contribution in [3.8, 4) is 5.75 Å². The number of nitrogens with one attached hydrogen (secondary N) is 1. The van der Waals surface area contributed by atoms with Crippen molar-refractivity contribution in [3.63, 3.8) is 0 Å². The molecule has 1 aromatic carbocycles. The van der Waals surface area contributed by atoms with Gasteiger partial charge in [0.25, 0.3) is 5.91 Å². The van der Waals surface area contributed by atoms with Gasteiger partial charge in [-0.1, -0.05) is 0 Å². The highest BCUT2D eigenvalue weighted by Gasteiger charge is 2.11. The van der Waals surface area contributed by atoms with Gasteiger partial charge < -0.3 is 15.2 Å². The molecule has 1 rings (SSSR count). The first-order valence-electron chi connectivity index (χ1n) is 5.49. The summed E-state index contributed by atoms with van der Waals surface area (Å²) < 4.78 is 18.0. The molecule has 0 aliphatic rings. The SMILES string of the molecule is CCOCCCNC(=O)c1cc(F)ccc1O. The van der Waals surface area contributed by atoms with Crippen LogP contribution in [0.3, 0.4) is 0 Å². The molecule has 5 heteroatoms. The second kappa shape index (κ2) is 6.85. The van der Waals surface area contributed by atoms with E-state index in [4.69, 9.17) is 4.74 Å². The third kappa shape index (κ3) is 4.40. The van der Waals surface area contributed by atoms with Crippen LogP contribution in [0.1, 0.15) is 23.7 Å². The maximum absolute atomic E-state index is 12.9. The van der Waals surface area contributed by atoms with Crippen LogP contribution < -0.4 is 5.32 Å². The molecule has 4 nitrogen and oxygen atoms in total. The zero-order valence-corrected chi connectivity index (χ0v) is 9.70. The fourth-order valence-electron chi connectivity index (χ4n) is 1.31. The number of phenols is 1. The van der Waals surface area contributed by atoms with Gasteiger partial charge in [-0.25, -0.2) is 4.39 Å². The molecule has 2 N–H and O–H groups in total. The fraction of sp³-hybridized carbons (Fsp3) is 0.417. The van der Waals surface area contributed by atoms with E-state index in [1.165, 1.54) is 0 Å². The van der Waals surface area contributed by atoms with Crippen LogP contribution in [0.5, 0.6) is 5.75 Å². The summed E-state index contributed by atoms with van der Waals surface area (Å²) in [7, 11) is 0. The molecule has 0 aliphatic carbocycles. The number of phenolic OH excluding ortho intramolecular Hbond substituents is 1. The Hall–Kier alpha value is -1.62. The van der Waals surface area contributed by atoms with E-state index >= 15 is 0 Å². The third-order valence-corrected chi connectivity index (χ3v) is 2.16. The number of halogens is 1. The minimum absolute atomic E-state index is 0.0543. The normalized spacial score (nSPS) is 10.2. The van der Waals surface area contributed by atoms with Crippen LogP contribution in [-0.2, 0) is 4.74 Å². The minimum Gasteiger partial charge on any atom is -0.507 e. The van der Waals surface area contributed by atoms with E-state index in [1.807, 2.05) is 6.92 Å². The van der Waals surface area contributed by atoms with Crippen molar-refractivity contribution in [1.29, 1.82) is 0 Å². The summed E-state index contributed by atoms with van der Waals surface area (Å²) in [6.45, 7) is 3.52. The molecule has 94 valence electrons. The lowest BCUT2D eigenvalue weighted by Crippen LogP contribution is -2.25. The number of hydrogen-bond donors (Lipinski definition) is 2. The van der Waals surface area contributed by atoms with Gasteiger partial charge in [0.15, 0.2) is 0 Å². The monoisotopic (exact) mass is 241 g/mol. The molecule has 0 aliphatic heterocycles. The highest BCUT2D eigenvalue weighted by molar-refractivity contribution is 5.96. The predicted octanol–water partition coefficient (Wildman–Crippen LogP) is 1.69. The van der Waals surface area contributed by atoms with Crippen LogP contribution in [0.25, 0.3) is 0 Å². The molecule has 0 unspecified atom stereocenters. The maximum atomic E-state index is 12.9. The average Bonchev–Trinajstić information content (AvgIpc) is 2.32. The van der Waals surface area contributed by atoms with Crippen molar-refractivity contribution in [2.75, 3.05) is 19.8 Å². The Morgan fingerprint density at radius 1 is 1.53 bits per heavy atom. The Bertz CT molecular complexity index is 382. The largest absolute Gasteiger partial charge is 0.507 e. The number of hydrogen-bond acceptors (Lipinski definition) is 3. The van der Waals surface area contributed by atoms with Gasteiger partial charge >= 0.3 is 0 Å². The quantitative estimate of drug-likeness (QED) is 0.745. The first kappa shape index (κ1) is 13.4. The van der Waals surface area contributed by atoms with Crippen molar-refractivity contribution < 1.29 is 19.0 Å². The average molecular weight is 241 g/mol. The standard InChI is InChI=1S/C12H16FNO3/c1-2-17-7-3-6-14-12(16)10-8-9(13)4-5-11(10)15/h4-5,8,15H,2-3,6-7H2,1H3,(H,14,16). The number of ether oxygens (including phenoxy) is 1. The summed E-state index contributed by atoms with van der Waals surface area (Å²) in [5, 5.41) is 12.0. The molecule has 0 heterocycles. The number of aromatic hydroxyl groups is 1. The van der Waals surface area contributed by atoms with E-state index in [1.54, 1.807) is 0 Å². The maximum Gasteiger partial charge on any atom is 0.255 e. The molecule has 0 saturated carbocycles. The van der Waals surface area contributed by atoms with Gasteiger partial charge in [-0.05, 0) is 31.5 Å². The zero-order chi connectivity index (χ0) is 12.7. The Morgan fingerprint density at radius 3 is 3.00 bits per heavy atom. The summed E-state index contributed by atoms with van der Waals surface area (Å²) in [4.78, 5) is 11.6. The second-order valence-corrected chi connectivity index (χ2v) is 3.47. The van der Waals surface area contributed by atoms with Crippen molar-refractivity contribution >= 4 is 5.91 Å². The molecule has 1 aromatic rings. The third-order valence-electron chi connectivity index (χ3n) is 2.16. The molecule has 0 spiro atoms. The summed E-state index contributed by atoms with van der Waals surface area (Å²) >= 11 is 0. The topological polar surface area (TPSA) is 58.6 Å². The molecule has 0 atom stereocenters. The van der Waals surface area contributed by atoms with E-state index in [-0.39, 0.29) is 11.3 Å². The van der Waals surface area contributed by atoms with E-state index in [2.05, 4.69) is 5.32 Å². The number of amides is 1. The van der Waals surface area contributed by atoms with Crippen LogP contribution >= 0.6 is 0 Å². The van der Waals surface area contributed by atoms with Gasteiger partial charge in [0.1, 0.15) is 11.6 Å². The zero-order valence-electron chi connectivity index (χ0n) is 9.70. The molecule has 0 saturated heterocycles. The van der Waals surface area contributed by atoms with E-state index < -0.39 is 11.7 Å².